The molecule has 0 fully saturated rings. The Balaban J connectivity index is 1.79. The number of ether oxygens (including phenoxy) is 1. The van der Waals surface area contributed by atoms with Crippen LogP contribution in [0.1, 0.15) is 25.3 Å². The van der Waals surface area contributed by atoms with Gasteiger partial charge in [-0.2, -0.15) is 0 Å². The second-order valence-corrected chi connectivity index (χ2v) is 6.24. The predicted octanol–water partition coefficient (Wildman–Crippen LogP) is 4.90. The molecule has 29 heavy (non-hydrogen) atoms. The zero-order valence-electron chi connectivity index (χ0n) is 16.3. The number of carbonyl (C=O) groups is 1. The van der Waals surface area contributed by atoms with Gasteiger partial charge in [0, 0.05) is 30.2 Å². The number of rotatable bonds is 8. The summed E-state index contributed by atoms with van der Waals surface area (Å²) in [6.07, 6.45) is 8.44. The highest BCUT2D eigenvalue weighted by Crippen LogP contribution is 2.33. The molecule has 0 aliphatic heterocycles. The van der Waals surface area contributed by atoms with Crippen LogP contribution in [-0.2, 0) is 0 Å². The van der Waals surface area contributed by atoms with Crippen LogP contribution in [0, 0.1) is 0 Å². The highest BCUT2D eigenvalue weighted by Gasteiger charge is 2.12. The Morgan fingerprint density at radius 2 is 2.10 bits per heavy atom. The summed E-state index contributed by atoms with van der Waals surface area (Å²) in [6.45, 7) is 6.56. The molecule has 0 unspecified atom stereocenters. The molecule has 0 bridgehead atoms. The van der Waals surface area contributed by atoms with E-state index in [1.165, 1.54) is 6.33 Å². The van der Waals surface area contributed by atoms with Crippen LogP contribution in [-0.4, -0.2) is 27.5 Å². The zero-order valence-corrected chi connectivity index (χ0v) is 16.3. The van der Waals surface area contributed by atoms with Crippen LogP contribution in [0.2, 0.25) is 0 Å². The van der Waals surface area contributed by atoms with Crippen molar-refractivity contribution in [3.63, 3.8) is 0 Å². The Bertz CT molecular complexity index is 976. The van der Waals surface area contributed by atoms with Gasteiger partial charge in [-0.3, -0.25) is 0 Å². The standard InChI is InChI=1S/C22H23N5O2/c1-3-5-11-25-22(28)27-17-8-9-20(16(4-2)14-17)29-21-18(7-6-12-24-21)19-10-13-23-15-26-19/h4,6-10,12-15H,2-3,5,11H2,1H3,(H2,25,27,28). The molecule has 7 nitrogen and oxygen atoms in total. The highest BCUT2D eigenvalue weighted by molar-refractivity contribution is 5.89. The van der Waals surface area contributed by atoms with Gasteiger partial charge in [0.05, 0.1) is 11.3 Å². The van der Waals surface area contributed by atoms with Crippen molar-refractivity contribution < 1.29 is 9.53 Å². The lowest BCUT2D eigenvalue weighted by Crippen LogP contribution is -2.29. The summed E-state index contributed by atoms with van der Waals surface area (Å²) in [5.74, 6) is 0.998. The average Bonchev–Trinajstić information content (AvgIpc) is 2.76. The van der Waals surface area contributed by atoms with Crippen LogP contribution in [0.4, 0.5) is 10.5 Å². The Morgan fingerprint density at radius 3 is 2.86 bits per heavy atom. The summed E-state index contributed by atoms with van der Waals surface area (Å²) in [6, 6.07) is 10.6. The molecule has 0 spiro atoms. The fraction of sp³-hybridized carbons (Fsp3) is 0.182. The second-order valence-electron chi connectivity index (χ2n) is 6.24. The maximum Gasteiger partial charge on any atom is 0.319 e. The van der Waals surface area contributed by atoms with Gasteiger partial charge < -0.3 is 15.4 Å². The first-order valence-corrected chi connectivity index (χ1v) is 9.42. The first-order valence-electron chi connectivity index (χ1n) is 9.42. The molecule has 0 radical (unpaired) electrons. The molecule has 1 aromatic carbocycles. The number of nitrogens with one attached hydrogen (secondary N) is 2. The van der Waals surface area contributed by atoms with Gasteiger partial charge in [-0.15, -0.1) is 0 Å². The van der Waals surface area contributed by atoms with Crippen molar-refractivity contribution in [2.75, 3.05) is 11.9 Å². The largest absolute Gasteiger partial charge is 0.438 e. The molecular formula is C22H23N5O2. The van der Waals surface area contributed by atoms with Crippen LogP contribution in [0.25, 0.3) is 17.3 Å². The van der Waals surface area contributed by atoms with Crippen molar-refractivity contribution in [3.05, 3.63) is 67.3 Å². The molecule has 2 heterocycles. The van der Waals surface area contributed by atoms with Gasteiger partial charge >= 0.3 is 6.03 Å². The van der Waals surface area contributed by atoms with Crippen molar-refractivity contribution in [3.8, 4) is 22.9 Å². The minimum atomic E-state index is -0.238. The summed E-state index contributed by atoms with van der Waals surface area (Å²) in [4.78, 5) is 24.5. The molecule has 0 aliphatic carbocycles. The van der Waals surface area contributed by atoms with E-state index in [4.69, 9.17) is 4.74 Å². The SMILES string of the molecule is C=Cc1cc(NC(=O)NCCCC)ccc1Oc1ncccc1-c1ccncn1. The number of pyridine rings is 1. The van der Waals surface area contributed by atoms with Gasteiger partial charge in [-0.25, -0.2) is 19.7 Å². The van der Waals surface area contributed by atoms with Crippen molar-refractivity contribution >= 4 is 17.8 Å². The van der Waals surface area contributed by atoms with Gasteiger partial charge in [0.1, 0.15) is 12.1 Å². The summed E-state index contributed by atoms with van der Waals surface area (Å²) in [7, 11) is 0. The fourth-order valence-electron chi connectivity index (χ4n) is 2.65. The lowest BCUT2D eigenvalue weighted by atomic mass is 10.1. The summed E-state index contributed by atoms with van der Waals surface area (Å²) < 4.78 is 6.05. The molecule has 0 saturated carbocycles. The number of carbonyl (C=O) groups excluding carboxylic acids is 1. The quantitative estimate of drug-likeness (QED) is 0.535. The topological polar surface area (TPSA) is 89.0 Å². The number of aromatic nitrogens is 3. The van der Waals surface area contributed by atoms with Crippen molar-refractivity contribution in [2.45, 2.75) is 19.8 Å². The smallest absolute Gasteiger partial charge is 0.319 e. The molecule has 7 heteroatoms. The van der Waals surface area contributed by atoms with E-state index >= 15 is 0 Å². The first kappa shape index (κ1) is 20.0. The number of hydrogen-bond donors (Lipinski definition) is 2. The number of amides is 2. The molecule has 2 aromatic heterocycles. The number of urea groups is 1. The van der Waals surface area contributed by atoms with E-state index in [9.17, 15) is 4.79 Å². The number of anilines is 1. The van der Waals surface area contributed by atoms with E-state index in [2.05, 4.69) is 39.1 Å². The van der Waals surface area contributed by atoms with E-state index in [0.29, 0.717) is 29.6 Å². The second kappa shape index (κ2) is 9.98. The minimum absolute atomic E-state index is 0.238. The third kappa shape index (κ3) is 5.38. The van der Waals surface area contributed by atoms with Crippen molar-refractivity contribution in [1.82, 2.24) is 20.3 Å². The van der Waals surface area contributed by atoms with Crippen LogP contribution >= 0.6 is 0 Å². The maximum atomic E-state index is 12.0. The maximum absolute atomic E-state index is 12.0. The van der Waals surface area contributed by atoms with Crippen LogP contribution in [0.5, 0.6) is 11.6 Å². The molecule has 0 aliphatic rings. The zero-order chi connectivity index (χ0) is 20.5. The number of hydrogen-bond acceptors (Lipinski definition) is 5. The lowest BCUT2D eigenvalue weighted by Gasteiger charge is -2.13. The molecule has 2 N–H and O–H groups in total. The van der Waals surface area contributed by atoms with E-state index < -0.39 is 0 Å². The lowest BCUT2D eigenvalue weighted by molar-refractivity contribution is 0.252. The third-order valence-electron chi connectivity index (χ3n) is 4.14. The van der Waals surface area contributed by atoms with Gasteiger partial charge in [0.15, 0.2) is 0 Å². The monoisotopic (exact) mass is 389 g/mol. The molecule has 148 valence electrons. The summed E-state index contributed by atoms with van der Waals surface area (Å²) in [5.41, 5.74) is 2.85. The molecule has 3 aromatic rings. The molecule has 3 rings (SSSR count). The first-order chi connectivity index (χ1) is 14.2. The molecule has 0 saturated heterocycles. The Hall–Kier alpha value is -3.74. The Morgan fingerprint density at radius 1 is 1.21 bits per heavy atom. The molecule has 0 atom stereocenters. The van der Waals surface area contributed by atoms with Gasteiger partial charge in [0.2, 0.25) is 5.88 Å². The van der Waals surface area contributed by atoms with Gasteiger partial charge in [0.25, 0.3) is 0 Å². The summed E-state index contributed by atoms with van der Waals surface area (Å²) in [5, 5.41) is 5.64. The van der Waals surface area contributed by atoms with E-state index in [1.807, 2.05) is 12.1 Å². The van der Waals surface area contributed by atoms with Gasteiger partial charge in [-0.05, 0) is 42.8 Å². The van der Waals surface area contributed by atoms with E-state index in [-0.39, 0.29) is 6.03 Å². The van der Waals surface area contributed by atoms with E-state index in [0.717, 1.165) is 24.0 Å². The van der Waals surface area contributed by atoms with Crippen molar-refractivity contribution in [2.24, 2.45) is 0 Å². The Kier molecular flexibility index (Phi) is 6.89. The number of nitrogens with zero attached hydrogens (tertiary/aromatic N) is 3. The van der Waals surface area contributed by atoms with Crippen LogP contribution in [0.3, 0.4) is 0 Å². The Labute approximate surface area is 169 Å². The molecular weight excluding hydrogens is 366 g/mol. The summed E-state index contributed by atoms with van der Waals surface area (Å²) >= 11 is 0. The molecule has 2 amide bonds. The van der Waals surface area contributed by atoms with Gasteiger partial charge in [-0.1, -0.05) is 26.0 Å². The predicted molar refractivity (Wildman–Crippen MR) is 114 cm³/mol. The number of unbranched alkanes of at least 4 members (excludes halogenated alkanes) is 1. The minimum Gasteiger partial charge on any atom is -0.438 e. The van der Waals surface area contributed by atoms with Crippen LogP contribution in [0.15, 0.2) is 61.7 Å². The van der Waals surface area contributed by atoms with Crippen molar-refractivity contribution in [1.29, 1.82) is 0 Å². The average molecular weight is 389 g/mol. The van der Waals surface area contributed by atoms with E-state index in [1.54, 1.807) is 42.7 Å². The third-order valence-corrected chi connectivity index (χ3v) is 4.14. The number of benzene rings is 1. The van der Waals surface area contributed by atoms with Crippen LogP contribution < -0.4 is 15.4 Å². The normalized spacial score (nSPS) is 10.2. The fourth-order valence-corrected chi connectivity index (χ4v) is 2.65. The highest BCUT2D eigenvalue weighted by atomic mass is 16.5.